The molecule has 1 heterocycles. The Bertz CT molecular complexity index is 502. The van der Waals surface area contributed by atoms with Gasteiger partial charge in [0.2, 0.25) is 5.89 Å². The molecule has 1 aromatic heterocycles. The van der Waals surface area contributed by atoms with Gasteiger partial charge < -0.3 is 15.6 Å². The Hall–Kier alpha value is -1.59. The third-order valence-corrected chi connectivity index (χ3v) is 5.09. The molecule has 6 nitrogen and oxygen atoms in total. The number of primary amides is 1. The highest BCUT2D eigenvalue weighted by molar-refractivity contribution is 5.71. The van der Waals surface area contributed by atoms with Crippen LogP contribution in [0.4, 0.5) is 4.79 Å². The van der Waals surface area contributed by atoms with E-state index in [1.165, 1.54) is 38.5 Å². The second-order valence-electron chi connectivity index (χ2n) is 6.54. The molecule has 116 valence electrons. The number of carbonyl (C=O) groups is 1. The van der Waals surface area contributed by atoms with Gasteiger partial charge in [0.15, 0.2) is 5.82 Å². The fraction of sp³-hybridized carbons (Fsp3) is 0.800. The first kappa shape index (κ1) is 14.4. The number of nitrogens with zero attached hydrogens (tertiary/aromatic N) is 2. The minimum atomic E-state index is -0.573. The lowest BCUT2D eigenvalue weighted by Gasteiger charge is -2.38. The van der Waals surface area contributed by atoms with Crippen LogP contribution in [0.5, 0.6) is 0 Å². The summed E-state index contributed by atoms with van der Waals surface area (Å²) in [5, 5.41) is 6.57. The molecule has 2 fully saturated rings. The van der Waals surface area contributed by atoms with E-state index in [4.69, 9.17) is 10.3 Å². The van der Waals surface area contributed by atoms with E-state index in [2.05, 4.69) is 15.5 Å². The molecule has 0 aliphatic heterocycles. The van der Waals surface area contributed by atoms with Gasteiger partial charge in [0.1, 0.15) is 0 Å². The van der Waals surface area contributed by atoms with Gasteiger partial charge in [-0.2, -0.15) is 4.98 Å². The van der Waals surface area contributed by atoms with Crippen LogP contribution in [-0.4, -0.2) is 16.2 Å². The minimum absolute atomic E-state index is 0.314. The van der Waals surface area contributed by atoms with Gasteiger partial charge in [-0.25, -0.2) is 4.79 Å². The van der Waals surface area contributed by atoms with E-state index in [-0.39, 0.29) is 6.04 Å². The lowest BCUT2D eigenvalue weighted by Crippen LogP contribution is -2.32. The molecule has 0 radical (unpaired) electrons. The highest BCUT2D eigenvalue weighted by atomic mass is 16.5. The molecule has 1 aromatic rings. The predicted octanol–water partition coefficient (Wildman–Crippen LogP) is 2.87. The average Bonchev–Trinajstić information content (AvgIpc) is 2.96. The Balaban J connectivity index is 1.64. The zero-order valence-electron chi connectivity index (χ0n) is 12.5. The standard InChI is InChI=1S/C15H24N4O2/c1-9(17-15(16)20)13-18-14(21-19-13)12-7-6-10-4-2-3-5-11(10)8-12/h9-12H,2-8H2,1H3,(H3,16,17,20)/t9-,10-,11-,12+/m0/s1. The Morgan fingerprint density at radius 3 is 2.81 bits per heavy atom. The van der Waals surface area contributed by atoms with Gasteiger partial charge in [-0.1, -0.05) is 30.8 Å². The predicted molar refractivity (Wildman–Crippen MR) is 77.5 cm³/mol. The number of hydrogen-bond acceptors (Lipinski definition) is 4. The number of nitrogens with one attached hydrogen (secondary N) is 1. The quantitative estimate of drug-likeness (QED) is 0.895. The normalized spacial score (nSPS) is 30.4. The molecule has 3 N–H and O–H groups in total. The van der Waals surface area contributed by atoms with E-state index in [9.17, 15) is 4.79 Å². The minimum Gasteiger partial charge on any atom is -0.352 e. The first-order chi connectivity index (χ1) is 10.1. The van der Waals surface area contributed by atoms with Crippen LogP contribution in [0, 0.1) is 11.8 Å². The zero-order valence-corrected chi connectivity index (χ0v) is 12.5. The highest BCUT2D eigenvalue weighted by Crippen LogP contribution is 2.45. The van der Waals surface area contributed by atoms with Crippen molar-refractivity contribution in [2.75, 3.05) is 0 Å². The van der Waals surface area contributed by atoms with Crippen molar-refractivity contribution in [1.82, 2.24) is 15.5 Å². The largest absolute Gasteiger partial charge is 0.352 e. The molecule has 3 rings (SSSR count). The summed E-state index contributed by atoms with van der Waals surface area (Å²) in [6, 6.07) is -0.886. The maximum atomic E-state index is 10.9. The maximum absolute atomic E-state index is 10.9. The summed E-state index contributed by atoms with van der Waals surface area (Å²) < 4.78 is 5.43. The molecule has 0 bridgehead atoms. The lowest BCUT2D eigenvalue weighted by molar-refractivity contribution is 0.142. The molecule has 0 saturated heterocycles. The monoisotopic (exact) mass is 292 g/mol. The Morgan fingerprint density at radius 2 is 2.05 bits per heavy atom. The topological polar surface area (TPSA) is 94.0 Å². The number of carbonyl (C=O) groups excluding carboxylic acids is 1. The van der Waals surface area contributed by atoms with Gasteiger partial charge >= 0.3 is 6.03 Å². The molecule has 0 unspecified atom stereocenters. The van der Waals surface area contributed by atoms with Crippen molar-refractivity contribution < 1.29 is 9.32 Å². The molecule has 2 amide bonds. The molecule has 21 heavy (non-hydrogen) atoms. The van der Waals surface area contributed by atoms with Crippen molar-refractivity contribution in [1.29, 1.82) is 0 Å². The molecular formula is C15H24N4O2. The van der Waals surface area contributed by atoms with Gasteiger partial charge in [0.25, 0.3) is 0 Å². The first-order valence-corrected chi connectivity index (χ1v) is 8.03. The summed E-state index contributed by atoms with van der Waals surface area (Å²) in [4.78, 5) is 15.4. The van der Waals surface area contributed by atoms with Crippen molar-refractivity contribution in [3.63, 3.8) is 0 Å². The van der Waals surface area contributed by atoms with E-state index in [0.29, 0.717) is 11.7 Å². The van der Waals surface area contributed by atoms with Gasteiger partial charge in [0, 0.05) is 5.92 Å². The van der Waals surface area contributed by atoms with Crippen LogP contribution < -0.4 is 11.1 Å². The molecule has 6 heteroatoms. The summed E-state index contributed by atoms with van der Waals surface area (Å²) in [7, 11) is 0. The van der Waals surface area contributed by atoms with Crippen LogP contribution in [0.15, 0.2) is 4.52 Å². The zero-order chi connectivity index (χ0) is 14.8. The van der Waals surface area contributed by atoms with Crippen LogP contribution >= 0.6 is 0 Å². The second-order valence-corrected chi connectivity index (χ2v) is 6.54. The van der Waals surface area contributed by atoms with E-state index in [1.54, 1.807) is 6.92 Å². The SMILES string of the molecule is C[C@H](NC(N)=O)c1noc([C@@H]2CC[C@@H]3CCCC[C@H]3C2)n1. The maximum Gasteiger partial charge on any atom is 0.312 e. The number of fused-ring (bicyclic) bond motifs is 1. The Labute approximate surface area is 124 Å². The average molecular weight is 292 g/mol. The summed E-state index contributed by atoms with van der Waals surface area (Å²) in [6.45, 7) is 1.80. The van der Waals surface area contributed by atoms with Crippen molar-refractivity contribution in [3.05, 3.63) is 11.7 Å². The van der Waals surface area contributed by atoms with E-state index >= 15 is 0 Å². The number of aromatic nitrogens is 2. The molecular weight excluding hydrogens is 268 g/mol. The van der Waals surface area contributed by atoms with Gasteiger partial charge in [-0.15, -0.1) is 0 Å². The number of hydrogen-bond donors (Lipinski definition) is 2. The van der Waals surface area contributed by atoms with Crippen molar-refractivity contribution >= 4 is 6.03 Å². The first-order valence-electron chi connectivity index (χ1n) is 8.03. The Morgan fingerprint density at radius 1 is 1.29 bits per heavy atom. The van der Waals surface area contributed by atoms with Crippen LogP contribution in [0.1, 0.15) is 75.5 Å². The van der Waals surface area contributed by atoms with Crippen LogP contribution in [0.25, 0.3) is 0 Å². The molecule has 0 aromatic carbocycles. The third-order valence-electron chi connectivity index (χ3n) is 5.09. The van der Waals surface area contributed by atoms with Crippen LogP contribution in [0.2, 0.25) is 0 Å². The highest BCUT2D eigenvalue weighted by Gasteiger charge is 2.35. The number of nitrogens with two attached hydrogens (primary N) is 1. The Kier molecular flexibility index (Phi) is 4.12. The van der Waals surface area contributed by atoms with Gasteiger partial charge in [-0.05, 0) is 38.0 Å². The fourth-order valence-electron chi connectivity index (χ4n) is 3.96. The summed E-state index contributed by atoms with van der Waals surface area (Å²) >= 11 is 0. The number of rotatable bonds is 3. The number of amides is 2. The molecule has 2 saturated carbocycles. The van der Waals surface area contributed by atoms with Crippen molar-refractivity contribution in [2.24, 2.45) is 17.6 Å². The van der Waals surface area contributed by atoms with Crippen LogP contribution in [-0.2, 0) is 0 Å². The van der Waals surface area contributed by atoms with E-state index < -0.39 is 6.03 Å². The third kappa shape index (κ3) is 3.19. The molecule has 2 aliphatic carbocycles. The molecule has 4 atom stereocenters. The summed E-state index contributed by atoms with van der Waals surface area (Å²) in [6.07, 6.45) is 9.09. The van der Waals surface area contributed by atoms with E-state index in [0.717, 1.165) is 24.1 Å². The van der Waals surface area contributed by atoms with Crippen LogP contribution in [0.3, 0.4) is 0 Å². The van der Waals surface area contributed by atoms with Crippen molar-refractivity contribution in [2.45, 2.75) is 63.8 Å². The molecule has 2 aliphatic rings. The summed E-state index contributed by atoms with van der Waals surface area (Å²) in [5.74, 6) is 3.36. The second kappa shape index (κ2) is 6.03. The fourth-order valence-corrected chi connectivity index (χ4v) is 3.96. The smallest absolute Gasteiger partial charge is 0.312 e. The lowest BCUT2D eigenvalue weighted by atomic mass is 9.67. The van der Waals surface area contributed by atoms with Gasteiger partial charge in [0.05, 0.1) is 6.04 Å². The van der Waals surface area contributed by atoms with Crippen molar-refractivity contribution in [3.8, 4) is 0 Å². The summed E-state index contributed by atoms with van der Waals surface area (Å²) in [5.41, 5.74) is 5.12. The number of urea groups is 1. The molecule has 0 spiro atoms. The van der Waals surface area contributed by atoms with E-state index in [1.807, 2.05) is 0 Å². The van der Waals surface area contributed by atoms with Gasteiger partial charge in [-0.3, -0.25) is 0 Å².